The smallest absolute Gasteiger partial charge is 0.281 e. The molecule has 0 saturated carbocycles. The lowest BCUT2D eigenvalue weighted by molar-refractivity contribution is 0.418. The minimum Gasteiger partial charge on any atom is -0.434 e. The van der Waals surface area contributed by atoms with Gasteiger partial charge in [0.15, 0.2) is 11.6 Å². The van der Waals surface area contributed by atoms with Gasteiger partial charge in [-0.15, -0.1) is 5.10 Å². The van der Waals surface area contributed by atoms with Crippen LogP contribution in [0.2, 0.25) is 10.0 Å². The number of fused-ring (bicyclic) bond motifs is 1. The van der Waals surface area contributed by atoms with Crippen molar-refractivity contribution in [2.24, 2.45) is 0 Å². The van der Waals surface area contributed by atoms with E-state index >= 15 is 0 Å². The number of hydrogen-bond acceptors (Lipinski definition) is 4. The molecule has 2 aromatic carbocycles. The summed E-state index contributed by atoms with van der Waals surface area (Å²) in [6, 6.07) is 12.9. The summed E-state index contributed by atoms with van der Waals surface area (Å²) in [7, 11) is 0. The van der Waals surface area contributed by atoms with Gasteiger partial charge in [-0.3, -0.25) is 4.79 Å². The molecule has 0 fully saturated rings. The Kier molecular flexibility index (Phi) is 4.75. The highest BCUT2D eigenvalue weighted by molar-refractivity contribution is 6.39. The normalized spacial score (nSPS) is 11.0. The first-order valence-electron chi connectivity index (χ1n) is 8.22. The van der Waals surface area contributed by atoms with Crippen molar-refractivity contribution in [3.63, 3.8) is 0 Å². The SMILES string of the molecule is Cc1cccc(Oc2ccc3c(-c4c(Cl)cccc4Cl)c(=O)ncn3n2)c1F. The molecule has 140 valence electrons. The predicted molar refractivity (Wildman–Crippen MR) is 106 cm³/mol. The summed E-state index contributed by atoms with van der Waals surface area (Å²) < 4.78 is 21.1. The van der Waals surface area contributed by atoms with Crippen molar-refractivity contribution in [2.75, 3.05) is 0 Å². The van der Waals surface area contributed by atoms with Gasteiger partial charge in [0, 0.05) is 11.6 Å². The molecule has 0 N–H and O–H groups in total. The highest BCUT2D eigenvalue weighted by Gasteiger charge is 2.17. The number of rotatable bonds is 3. The van der Waals surface area contributed by atoms with Crippen LogP contribution in [0.25, 0.3) is 16.6 Å². The third kappa shape index (κ3) is 3.21. The molecule has 2 aromatic heterocycles. The van der Waals surface area contributed by atoms with Gasteiger partial charge in [-0.05, 0) is 36.8 Å². The van der Waals surface area contributed by atoms with Crippen LogP contribution in [0.4, 0.5) is 4.39 Å². The van der Waals surface area contributed by atoms with Gasteiger partial charge in [0.1, 0.15) is 6.33 Å². The molecule has 4 rings (SSSR count). The third-order valence-corrected chi connectivity index (χ3v) is 4.80. The predicted octanol–water partition coefficient (Wildman–Crippen LogP) is 5.30. The largest absolute Gasteiger partial charge is 0.434 e. The molecule has 0 unspecified atom stereocenters. The van der Waals surface area contributed by atoms with Crippen molar-refractivity contribution >= 4 is 28.7 Å². The topological polar surface area (TPSA) is 56.5 Å². The summed E-state index contributed by atoms with van der Waals surface area (Å²) in [6.45, 7) is 1.64. The van der Waals surface area contributed by atoms with Crippen LogP contribution >= 0.6 is 23.2 Å². The molecule has 0 atom stereocenters. The zero-order valence-electron chi connectivity index (χ0n) is 14.5. The molecule has 4 aromatic rings. The van der Waals surface area contributed by atoms with Gasteiger partial charge in [0.05, 0.1) is 21.1 Å². The molecule has 0 bridgehead atoms. The van der Waals surface area contributed by atoms with Crippen LogP contribution in [0.5, 0.6) is 11.6 Å². The molecule has 0 aliphatic carbocycles. The molecule has 5 nitrogen and oxygen atoms in total. The van der Waals surface area contributed by atoms with Crippen LogP contribution in [0.1, 0.15) is 5.56 Å². The van der Waals surface area contributed by atoms with Crippen molar-refractivity contribution < 1.29 is 9.13 Å². The monoisotopic (exact) mass is 415 g/mol. The number of benzene rings is 2. The Hall–Kier alpha value is -2.96. The highest BCUT2D eigenvalue weighted by Crippen LogP contribution is 2.35. The van der Waals surface area contributed by atoms with Crippen molar-refractivity contribution in [3.05, 3.63) is 86.6 Å². The molecule has 8 heteroatoms. The molecule has 28 heavy (non-hydrogen) atoms. The minimum atomic E-state index is -0.491. The van der Waals surface area contributed by atoms with Gasteiger partial charge in [0.2, 0.25) is 5.88 Å². The molecule has 0 saturated heterocycles. The molecule has 0 spiro atoms. The molecular formula is C20H12Cl2FN3O2. The quantitative estimate of drug-likeness (QED) is 0.455. The van der Waals surface area contributed by atoms with Gasteiger partial charge in [-0.1, -0.05) is 41.4 Å². The van der Waals surface area contributed by atoms with Crippen LogP contribution < -0.4 is 10.3 Å². The maximum Gasteiger partial charge on any atom is 0.281 e. The first kappa shape index (κ1) is 18.4. The van der Waals surface area contributed by atoms with E-state index in [1.165, 1.54) is 23.0 Å². The van der Waals surface area contributed by atoms with Crippen molar-refractivity contribution in [1.29, 1.82) is 0 Å². The zero-order chi connectivity index (χ0) is 19.8. The van der Waals surface area contributed by atoms with E-state index in [0.29, 0.717) is 26.7 Å². The van der Waals surface area contributed by atoms with E-state index in [0.717, 1.165) is 0 Å². The van der Waals surface area contributed by atoms with Gasteiger partial charge in [-0.25, -0.2) is 8.91 Å². The lowest BCUT2D eigenvalue weighted by atomic mass is 10.1. The average molecular weight is 416 g/mol. The van der Waals surface area contributed by atoms with E-state index < -0.39 is 11.4 Å². The average Bonchev–Trinajstić information content (AvgIpc) is 2.67. The van der Waals surface area contributed by atoms with Crippen LogP contribution in [-0.2, 0) is 0 Å². The van der Waals surface area contributed by atoms with Crippen LogP contribution in [0.15, 0.2) is 59.7 Å². The fourth-order valence-electron chi connectivity index (χ4n) is 2.83. The Morgan fingerprint density at radius 2 is 1.71 bits per heavy atom. The number of aromatic nitrogens is 3. The lowest BCUT2D eigenvalue weighted by Gasteiger charge is -2.11. The molecule has 0 radical (unpaired) electrons. The first-order valence-corrected chi connectivity index (χ1v) is 8.97. The minimum absolute atomic E-state index is 0.0511. The lowest BCUT2D eigenvalue weighted by Crippen LogP contribution is -2.14. The first-order chi connectivity index (χ1) is 13.5. The Balaban J connectivity index is 1.86. The second kappa shape index (κ2) is 7.22. The number of ether oxygens (including phenoxy) is 1. The van der Waals surface area contributed by atoms with Gasteiger partial charge >= 0.3 is 0 Å². The Morgan fingerprint density at radius 1 is 1.00 bits per heavy atom. The molecule has 0 amide bonds. The van der Waals surface area contributed by atoms with Gasteiger partial charge < -0.3 is 4.74 Å². The summed E-state index contributed by atoms with van der Waals surface area (Å²) in [4.78, 5) is 16.3. The highest BCUT2D eigenvalue weighted by atomic mass is 35.5. The number of aryl methyl sites for hydroxylation is 1. The maximum atomic E-state index is 14.2. The fourth-order valence-corrected chi connectivity index (χ4v) is 3.41. The van der Waals surface area contributed by atoms with Crippen LogP contribution in [0.3, 0.4) is 0 Å². The van der Waals surface area contributed by atoms with E-state index in [1.54, 1.807) is 43.3 Å². The van der Waals surface area contributed by atoms with Crippen molar-refractivity contribution in [2.45, 2.75) is 6.92 Å². The summed E-state index contributed by atoms with van der Waals surface area (Å²) in [5.41, 5.74) is 1.00. The van der Waals surface area contributed by atoms with Crippen molar-refractivity contribution in [3.8, 4) is 22.8 Å². The number of halogens is 3. The van der Waals surface area contributed by atoms with E-state index in [9.17, 15) is 9.18 Å². The second-order valence-electron chi connectivity index (χ2n) is 6.01. The standard InChI is InChI=1S/C20H12Cl2FN3O2/c1-11-4-2-7-15(19(11)23)28-16-9-8-14-18(20(27)24-10-26(14)25-16)17-12(21)5-3-6-13(17)22/h2-10H,1H3. The second-order valence-corrected chi connectivity index (χ2v) is 6.83. The summed E-state index contributed by atoms with van der Waals surface area (Å²) in [5.74, 6) is -0.278. The van der Waals surface area contributed by atoms with Crippen LogP contribution in [0, 0.1) is 12.7 Å². The van der Waals surface area contributed by atoms with E-state index in [4.69, 9.17) is 27.9 Å². The molecule has 0 aliphatic heterocycles. The summed E-state index contributed by atoms with van der Waals surface area (Å²) >= 11 is 12.5. The Labute approximate surface area is 168 Å². The Bertz CT molecular complexity index is 1250. The van der Waals surface area contributed by atoms with Crippen LogP contribution in [-0.4, -0.2) is 14.6 Å². The fraction of sp³-hybridized carbons (Fsp3) is 0.0500. The summed E-state index contributed by atoms with van der Waals surface area (Å²) in [5, 5.41) is 4.91. The van der Waals surface area contributed by atoms with E-state index in [-0.39, 0.29) is 17.2 Å². The summed E-state index contributed by atoms with van der Waals surface area (Å²) in [6.07, 6.45) is 1.26. The van der Waals surface area contributed by atoms with Gasteiger partial charge in [-0.2, -0.15) is 4.98 Å². The maximum absolute atomic E-state index is 14.2. The van der Waals surface area contributed by atoms with E-state index in [1.807, 2.05) is 0 Å². The Morgan fingerprint density at radius 3 is 2.46 bits per heavy atom. The molecule has 2 heterocycles. The third-order valence-electron chi connectivity index (χ3n) is 4.17. The van der Waals surface area contributed by atoms with E-state index in [2.05, 4.69) is 10.1 Å². The number of nitrogens with zero attached hydrogens (tertiary/aromatic N) is 3. The number of hydrogen-bond donors (Lipinski definition) is 0. The zero-order valence-corrected chi connectivity index (χ0v) is 16.0. The molecular weight excluding hydrogens is 404 g/mol. The van der Waals surface area contributed by atoms with Gasteiger partial charge in [0.25, 0.3) is 5.56 Å². The molecule has 0 aliphatic rings. The van der Waals surface area contributed by atoms with Crippen molar-refractivity contribution in [1.82, 2.24) is 14.6 Å².